The van der Waals surface area contributed by atoms with Crippen LogP contribution in [0.3, 0.4) is 0 Å². The van der Waals surface area contributed by atoms with Crippen molar-refractivity contribution in [2.24, 2.45) is 11.8 Å². The summed E-state index contributed by atoms with van der Waals surface area (Å²) in [6.45, 7) is 10.00. The standard InChI is InChI=1S/C16H30F2O2S/c1-6-16(17,18)8-7-9-21-14(10-12(2)3)15(19)20-11-13(4)5/h12-14H,6-11H2,1-5H3. The van der Waals surface area contributed by atoms with Gasteiger partial charge in [0.05, 0.1) is 6.61 Å². The van der Waals surface area contributed by atoms with Crippen LogP contribution in [0.15, 0.2) is 0 Å². The molecular formula is C16H30F2O2S. The molecule has 21 heavy (non-hydrogen) atoms. The summed E-state index contributed by atoms with van der Waals surface area (Å²) in [5.74, 6) is -1.52. The first-order valence-electron chi connectivity index (χ1n) is 7.84. The predicted molar refractivity (Wildman–Crippen MR) is 86.0 cm³/mol. The Morgan fingerprint density at radius 1 is 1.19 bits per heavy atom. The molecule has 2 nitrogen and oxygen atoms in total. The van der Waals surface area contributed by atoms with Gasteiger partial charge in [-0.2, -0.15) is 0 Å². The van der Waals surface area contributed by atoms with E-state index in [4.69, 9.17) is 4.74 Å². The fourth-order valence-corrected chi connectivity index (χ4v) is 3.06. The topological polar surface area (TPSA) is 26.3 Å². The van der Waals surface area contributed by atoms with E-state index in [0.717, 1.165) is 6.42 Å². The molecule has 0 amide bonds. The second-order valence-corrected chi connectivity index (χ2v) is 7.64. The molecule has 126 valence electrons. The van der Waals surface area contributed by atoms with Crippen LogP contribution >= 0.6 is 11.8 Å². The number of alkyl halides is 2. The molecule has 0 fully saturated rings. The summed E-state index contributed by atoms with van der Waals surface area (Å²) in [6.07, 6.45) is 0.929. The fraction of sp³-hybridized carbons (Fsp3) is 0.938. The van der Waals surface area contributed by atoms with Gasteiger partial charge < -0.3 is 4.74 Å². The highest BCUT2D eigenvalue weighted by Gasteiger charge is 2.26. The number of halogens is 2. The van der Waals surface area contributed by atoms with Crippen LogP contribution in [0.25, 0.3) is 0 Å². The number of hydrogen-bond donors (Lipinski definition) is 0. The molecule has 0 aliphatic heterocycles. The Balaban J connectivity index is 4.21. The first-order chi connectivity index (χ1) is 9.68. The maximum atomic E-state index is 13.2. The Morgan fingerprint density at radius 2 is 1.81 bits per heavy atom. The molecule has 5 heteroatoms. The van der Waals surface area contributed by atoms with Crippen molar-refractivity contribution in [2.45, 2.75) is 71.5 Å². The number of thioether (sulfide) groups is 1. The van der Waals surface area contributed by atoms with Crippen LogP contribution in [-0.4, -0.2) is 29.5 Å². The Hall–Kier alpha value is -0.320. The van der Waals surface area contributed by atoms with Crippen molar-refractivity contribution < 1.29 is 18.3 Å². The van der Waals surface area contributed by atoms with Crippen LogP contribution in [0, 0.1) is 11.8 Å². The maximum Gasteiger partial charge on any atom is 0.319 e. The third-order valence-electron chi connectivity index (χ3n) is 3.03. The average molecular weight is 324 g/mol. The molecule has 0 saturated heterocycles. The van der Waals surface area contributed by atoms with Crippen molar-refractivity contribution in [1.29, 1.82) is 0 Å². The van der Waals surface area contributed by atoms with Crippen LogP contribution in [0.4, 0.5) is 8.78 Å². The van der Waals surface area contributed by atoms with Gasteiger partial charge in [0.25, 0.3) is 0 Å². The quantitative estimate of drug-likeness (QED) is 0.388. The smallest absolute Gasteiger partial charge is 0.319 e. The SMILES string of the molecule is CCC(F)(F)CCCSC(CC(C)C)C(=O)OCC(C)C. The van der Waals surface area contributed by atoms with E-state index in [9.17, 15) is 13.6 Å². The second kappa shape index (κ2) is 10.4. The van der Waals surface area contributed by atoms with Crippen molar-refractivity contribution in [3.63, 3.8) is 0 Å². The summed E-state index contributed by atoms with van der Waals surface area (Å²) in [5, 5.41) is -0.237. The minimum atomic E-state index is -2.58. The Morgan fingerprint density at radius 3 is 2.29 bits per heavy atom. The molecule has 0 aromatic heterocycles. The second-order valence-electron chi connectivity index (χ2n) is 6.33. The molecule has 0 heterocycles. The normalized spacial score (nSPS) is 13.8. The molecule has 0 aliphatic rings. The lowest BCUT2D eigenvalue weighted by atomic mass is 10.1. The van der Waals surface area contributed by atoms with Crippen molar-refractivity contribution in [3.8, 4) is 0 Å². The monoisotopic (exact) mass is 324 g/mol. The number of carbonyl (C=O) groups is 1. The van der Waals surface area contributed by atoms with E-state index < -0.39 is 5.92 Å². The first kappa shape index (κ1) is 20.7. The zero-order valence-electron chi connectivity index (χ0n) is 14.0. The van der Waals surface area contributed by atoms with Gasteiger partial charge in [0, 0.05) is 12.8 Å². The van der Waals surface area contributed by atoms with Crippen molar-refractivity contribution in [1.82, 2.24) is 0 Å². The highest BCUT2D eigenvalue weighted by Crippen LogP contribution is 2.27. The van der Waals surface area contributed by atoms with E-state index in [0.29, 0.717) is 30.6 Å². The van der Waals surface area contributed by atoms with Crippen molar-refractivity contribution >= 4 is 17.7 Å². The van der Waals surface area contributed by atoms with Crippen LogP contribution < -0.4 is 0 Å². The van der Waals surface area contributed by atoms with E-state index >= 15 is 0 Å². The van der Waals surface area contributed by atoms with Gasteiger partial charge in [-0.3, -0.25) is 4.79 Å². The molecule has 0 aromatic rings. The number of rotatable bonds is 11. The molecule has 0 aromatic carbocycles. The van der Waals surface area contributed by atoms with Crippen LogP contribution in [0.1, 0.15) is 60.3 Å². The summed E-state index contributed by atoms with van der Waals surface area (Å²) >= 11 is 1.45. The van der Waals surface area contributed by atoms with E-state index in [1.165, 1.54) is 18.7 Å². The van der Waals surface area contributed by atoms with E-state index in [1.54, 1.807) is 0 Å². The van der Waals surface area contributed by atoms with Gasteiger partial charge in [0.2, 0.25) is 5.92 Å². The minimum absolute atomic E-state index is 0.105. The first-order valence-corrected chi connectivity index (χ1v) is 8.89. The van der Waals surface area contributed by atoms with E-state index in [2.05, 4.69) is 13.8 Å². The third-order valence-corrected chi connectivity index (χ3v) is 4.34. The molecule has 0 radical (unpaired) electrons. The molecule has 1 unspecified atom stereocenters. The summed E-state index contributed by atoms with van der Waals surface area (Å²) in [7, 11) is 0. The number of carbonyl (C=O) groups excluding carboxylic acids is 1. The van der Waals surface area contributed by atoms with Gasteiger partial charge in [0.1, 0.15) is 5.25 Å². The van der Waals surface area contributed by atoms with Crippen LogP contribution in [0.2, 0.25) is 0 Å². The van der Waals surface area contributed by atoms with Gasteiger partial charge in [0.15, 0.2) is 0 Å². The van der Waals surface area contributed by atoms with E-state index in [1.807, 2.05) is 13.8 Å². The predicted octanol–water partition coefficient (Wildman–Crippen LogP) is 5.16. The summed E-state index contributed by atoms with van der Waals surface area (Å²) in [4.78, 5) is 12.0. The summed E-state index contributed by atoms with van der Waals surface area (Å²) < 4.78 is 31.6. The maximum absolute atomic E-state index is 13.2. The van der Waals surface area contributed by atoms with Crippen molar-refractivity contribution in [2.75, 3.05) is 12.4 Å². The van der Waals surface area contributed by atoms with Gasteiger partial charge >= 0.3 is 5.97 Å². The van der Waals surface area contributed by atoms with Gasteiger partial charge in [-0.25, -0.2) is 8.78 Å². The molecule has 0 rings (SSSR count). The van der Waals surface area contributed by atoms with Crippen LogP contribution in [0.5, 0.6) is 0 Å². The molecule has 1 atom stereocenters. The summed E-state index contributed by atoms with van der Waals surface area (Å²) in [6, 6.07) is 0. The van der Waals surface area contributed by atoms with Gasteiger partial charge in [-0.05, 0) is 30.4 Å². The Labute approximate surface area is 132 Å². The lowest BCUT2D eigenvalue weighted by Gasteiger charge is -2.19. The molecule has 0 aliphatic carbocycles. The third kappa shape index (κ3) is 11.0. The van der Waals surface area contributed by atoms with Gasteiger partial charge in [-0.15, -0.1) is 11.8 Å². The van der Waals surface area contributed by atoms with Crippen molar-refractivity contribution in [3.05, 3.63) is 0 Å². The average Bonchev–Trinajstić information content (AvgIpc) is 2.39. The summed E-state index contributed by atoms with van der Waals surface area (Å²) in [5.41, 5.74) is 0. The Kier molecular flexibility index (Phi) is 10.3. The zero-order valence-corrected chi connectivity index (χ0v) is 14.8. The van der Waals surface area contributed by atoms with E-state index in [-0.39, 0.29) is 24.1 Å². The van der Waals surface area contributed by atoms with Crippen LogP contribution in [-0.2, 0) is 9.53 Å². The molecule has 0 N–H and O–H groups in total. The molecule has 0 bridgehead atoms. The highest BCUT2D eigenvalue weighted by atomic mass is 32.2. The number of ether oxygens (including phenoxy) is 1. The minimum Gasteiger partial charge on any atom is -0.465 e. The lowest BCUT2D eigenvalue weighted by molar-refractivity contribution is -0.144. The van der Waals surface area contributed by atoms with Gasteiger partial charge in [-0.1, -0.05) is 34.6 Å². The highest BCUT2D eigenvalue weighted by molar-refractivity contribution is 8.00. The number of esters is 1. The molecular weight excluding hydrogens is 294 g/mol. The zero-order chi connectivity index (χ0) is 16.5. The lowest BCUT2D eigenvalue weighted by Crippen LogP contribution is -2.24. The fourth-order valence-electron chi connectivity index (χ4n) is 1.74. The number of hydrogen-bond acceptors (Lipinski definition) is 3. The Bertz CT molecular complexity index is 294. The largest absolute Gasteiger partial charge is 0.465 e. The molecule has 0 saturated carbocycles. The molecule has 0 spiro atoms.